The molecule has 0 saturated carbocycles. The van der Waals surface area contributed by atoms with E-state index in [0.29, 0.717) is 23.7 Å². The van der Waals surface area contributed by atoms with E-state index in [0.717, 1.165) is 15.4 Å². The number of hydrogen-bond donors (Lipinski definition) is 1. The summed E-state index contributed by atoms with van der Waals surface area (Å²) >= 11 is 0. The third kappa shape index (κ3) is 5.64. The lowest BCUT2D eigenvalue weighted by Crippen LogP contribution is -2.38. The Bertz CT molecular complexity index is 1140. The number of ether oxygens (including phenoxy) is 1. The first kappa shape index (κ1) is 22.4. The van der Waals surface area contributed by atoms with Crippen molar-refractivity contribution in [2.45, 2.75) is 25.7 Å². The van der Waals surface area contributed by atoms with Gasteiger partial charge >= 0.3 is 0 Å². The van der Waals surface area contributed by atoms with E-state index in [9.17, 15) is 13.2 Å². The van der Waals surface area contributed by atoms with E-state index in [1.807, 2.05) is 32.9 Å². The Morgan fingerprint density at radius 2 is 1.55 bits per heavy atom. The molecule has 0 aromatic heterocycles. The van der Waals surface area contributed by atoms with Gasteiger partial charge in [-0.1, -0.05) is 41.5 Å². The number of aryl methyl sites for hydroxylation is 2. The van der Waals surface area contributed by atoms with E-state index in [1.54, 1.807) is 60.7 Å². The summed E-state index contributed by atoms with van der Waals surface area (Å²) in [7, 11) is -3.94. The molecule has 0 spiro atoms. The Hall–Kier alpha value is -3.32. The number of hydrogen-bond acceptors (Lipinski definition) is 4. The minimum absolute atomic E-state index is 0.129. The van der Waals surface area contributed by atoms with Crippen LogP contribution in [0.5, 0.6) is 5.75 Å². The van der Waals surface area contributed by atoms with Crippen molar-refractivity contribution in [2.75, 3.05) is 22.8 Å². The topological polar surface area (TPSA) is 75.7 Å². The molecule has 162 valence electrons. The highest BCUT2D eigenvalue weighted by molar-refractivity contribution is 7.92. The molecule has 0 aliphatic carbocycles. The highest BCUT2D eigenvalue weighted by Crippen LogP contribution is 2.25. The molecule has 0 aliphatic heterocycles. The van der Waals surface area contributed by atoms with Gasteiger partial charge in [-0.2, -0.15) is 0 Å². The van der Waals surface area contributed by atoms with Gasteiger partial charge in [0.1, 0.15) is 12.3 Å². The molecule has 0 bridgehead atoms. The van der Waals surface area contributed by atoms with Crippen LogP contribution in [0.25, 0.3) is 0 Å². The quantitative estimate of drug-likeness (QED) is 0.560. The van der Waals surface area contributed by atoms with Crippen molar-refractivity contribution in [3.63, 3.8) is 0 Å². The molecule has 0 unspecified atom stereocenters. The van der Waals surface area contributed by atoms with Gasteiger partial charge in [-0.3, -0.25) is 9.10 Å². The fourth-order valence-corrected chi connectivity index (χ4v) is 4.45. The molecule has 0 aliphatic rings. The maximum atomic E-state index is 13.4. The smallest absolute Gasteiger partial charge is 0.264 e. The Labute approximate surface area is 183 Å². The number of anilines is 2. The summed E-state index contributed by atoms with van der Waals surface area (Å²) < 4.78 is 33.3. The highest BCUT2D eigenvalue weighted by Gasteiger charge is 2.27. The molecule has 1 N–H and O–H groups in total. The van der Waals surface area contributed by atoms with Gasteiger partial charge in [0.25, 0.3) is 10.0 Å². The Morgan fingerprint density at radius 1 is 0.935 bits per heavy atom. The second-order valence-electron chi connectivity index (χ2n) is 7.17. The van der Waals surface area contributed by atoms with E-state index in [2.05, 4.69) is 5.32 Å². The number of carbonyl (C=O) groups excluding carboxylic acids is 1. The molecule has 3 rings (SSSR count). The number of amides is 1. The zero-order chi connectivity index (χ0) is 22.4. The third-order valence-electron chi connectivity index (χ3n) is 4.65. The number of benzene rings is 3. The van der Waals surface area contributed by atoms with Gasteiger partial charge < -0.3 is 10.1 Å². The van der Waals surface area contributed by atoms with Gasteiger partial charge in [0.05, 0.1) is 17.2 Å². The normalized spacial score (nSPS) is 11.1. The van der Waals surface area contributed by atoms with E-state index < -0.39 is 15.9 Å². The fraction of sp³-hybridized carbons (Fsp3) is 0.208. The number of nitrogens with zero attached hydrogens (tertiary/aromatic N) is 1. The molecule has 0 fully saturated rings. The average molecular weight is 439 g/mol. The van der Waals surface area contributed by atoms with Crippen LogP contribution in [0.1, 0.15) is 18.1 Å². The largest absolute Gasteiger partial charge is 0.494 e. The molecule has 3 aromatic rings. The summed E-state index contributed by atoms with van der Waals surface area (Å²) in [5.74, 6) is 0.174. The van der Waals surface area contributed by atoms with Crippen LogP contribution in [0.15, 0.2) is 77.7 Å². The minimum Gasteiger partial charge on any atom is -0.494 e. The molecular weight excluding hydrogens is 412 g/mol. The van der Waals surface area contributed by atoms with Gasteiger partial charge in [-0.05, 0) is 57.2 Å². The molecule has 31 heavy (non-hydrogen) atoms. The van der Waals surface area contributed by atoms with Gasteiger partial charge in [-0.25, -0.2) is 8.42 Å². The molecule has 6 nitrogen and oxygen atoms in total. The van der Waals surface area contributed by atoms with Crippen LogP contribution in [0.3, 0.4) is 0 Å². The lowest BCUT2D eigenvalue weighted by atomic mass is 10.2. The van der Waals surface area contributed by atoms with Crippen molar-refractivity contribution < 1.29 is 17.9 Å². The lowest BCUT2D eigenvalue weighted by Gasteiger charge is -2.24. The number of nitrogens with one attached hydrogen (secondary N) is 1. The van der Waals surface area contributed by atoms with Crippen LogP contribution in [-0.4, -0.2) is 27.5 Å². The summed E-state index contributed by atoms with van der Waals surface area (Å²) in [5, 5.41) is 2.76. The van der Waals surface area contributed by atoms with Crippen molar-refractivity contribution in [1.82, 2.24) is 0 Å². The van der Waals surface area contributed by atoms with Crippen LogP contribution >= 0.6 is 0 Å². The second-order valence-corrected chi connectivity index (χ2v) is 9.03. The van der Waals surface area contributed by atoms with Crippen molar-refractivity contribution in [3.05, 3.63) is 83.9 Å². The number of sulfonamides is 1. The third-order valence-corrected chi connectivity index (χ3v) is 6.44. The van der Waals surface area contributed by atoms with Crippen LogP contribution in [-0.2, 0) is 14.8 Å². The molecule has 3 aromatic carbocycles. The molecule has 1 amide bonds. The van der Waals surface area contributed by atoms with E-state index in [-0.39, 0.29) is 11.4 Å². The van der Waals surface area contributed by atoms with Crippen LogP contribution in [0, 0.1) is 13.8 Å². The minimum atomic E-state index is -3.94. The first-order valence-corrected chi connectivity index (χ1v) is 11.4. The average Bonchev–Trinajstić information content (AvgIpc) is 2.73. The first-order chi connectivity index (χ1) is 14.8. The van der Waals surface area contributed by atoms with Crippen LogP contribution in [0.2, 0.25) is 0 Å². The summed E-state index contributed by atoms with van der Waals surface area (Å²) in [6.07, 6.45) is 0. The van der Waals surface area contributed by atoms with Gasteiger partial charge in [0, 0.05) is 11.8 Å². The maximum Gasteiger partial charge on any atom is 0.264 e. The fourth-order valence-electron chi connectivity index (χ4n) is 3.02. The van der Waals surface area contributed by atoms with Crippen LogP contribution < -0.4 is 14.4 Å². The predicted octanol–water partition coefficient (Wildman–Crippen LogP) is 4.54. The van der Waals surface area contributed by atoms with Gasteiger partial charge in [-0.15, -0.1) is 0 Å². The molecule has 0 saturated heterocycles. The molecule has 0 atom stereocenters. The number of carbonyl (C=O) groups is 1. The standard InChI is InChI=1S/C24H26N2O4S/c1-4-30-22-7-5-6-20(16-22)25-24(27)17-26(21-12-8-18(2)9-13-21)31(28,29)23-14-10-19(3)11-15-23/h5-16H,4,17H2,1-3H3,(H,25,27). The summed E-state index contributed by atoms with van der Waals surface area (Å²) in [6.45, 7) is 5.82. The van der Waals surface area contributed by atoms with Crippen molar-refractivity contribution in [2.24, 2.45) is 0 Å². The van der Waals surface area contributed by atoms with Crippen molar-refractivity contribution in [3.8, 4) is 5.75 Å². The van der Waals surface area contributed by atoms with Gasteiger partial charge in [0.15, 0.2) is 0 Å². The summed E-state index contributed by atoms with van der Waals surface area (Å²) in [4.78, 5) is 12.9. The number of rotatable bonds is 8. The predicted molar refractivity (Wildman–Crippen MR) is 123 cm³/mol. The highest BCUT2D eigenvalue weighted by atomic mass is 32.2. The van der Waals surface area contributed by atoms with E-state index in [4.69, 9.17) is 4.74 Å². The lowest BCUT2D eigenvalue weighted by molar-refractivity contribution is -0.114. The zero-order valence-electron chi connectivity index (χ0n) is 17.8. The Kier molecular flexibility index (Phi) is 6.97. The molecule has 0 radical (unpaired) electrons. The second kappa shape index (κ2) is 9.66. The summed E-state index contributed by atoms with van der Waals surface area (Å²) in [5.41, 5.74) is 2.90. The zero-order valence-corrected chi connectivity index (χ0v) is 18.6. The SMILES string of the molecule is CCOc1cccc(NC(=O)CN(c2ccc(C)cc2)S(=O)(=O)c2ccc(C)cc2)c1. The first-order valence-electron chi connectivity index (χ1n) is 9.98. The monoisotopic (exact) mass is 438 g/mol. The molecule has 7 heteroatoms. The van der Waals surface area contributed by atoms with E-state index >= 15 is 0 Å². The Balaban J connectivity index is 1.90. The summed E-state index contributed by atoms with van der Waals surface area (Å²) in [6, 6.07) is 20.6. The van der Waals surface area contributed by atoms with Crippen molar-refractivity contribution in [1.29, 1.82) is 0 Å². The molecular formula is C24H26N2O4S. The van der Waals surface area contributed by atoms with Gasteiger partial charge in [0.2, 0.25) is 5.91 Å². The van der Waals surface area contributed by atoms with E-state index in [1.165, 1.54) is 0 Å². The van der Waals surface area contributed by atoms with Crippen molar-refractivity contribution >= 4 is 27.3 Å². The van der Waals surface area contributed by atoms with Crippen LogP contribution in [0.4, 0.5) is 11.4 Å². The Morgan fingerprint density at radius 3 is 2.16 bits per heavy atom. The molecule has 0 heterocycles. The maximum absolute atomic E-state index is 13.4.